The van der Waals surface area contributed by atoms with Crippen LogP contribution in [0.3, 0.4) is 0 Å². The number of hydrogen-bond acceptors (Lipinski definition) is 2. The van der Waals surface area contributed by atoms with E-state index in [1.807, 2.05) is 43.3 Å². The lowest BCUT2D eigenvalue weighted by Crippen LogP contribution is -2.33. The molecule has 0 spiro atoms. The molecule has 3 aromatic rings. The maximum Gasteiger partial charge on any atom is 0.260 e. The number of nitrogens with one attached hydrogen (secondary N) is 1. The van der Waals surface area contributed by atoms with Gasteiger partial charge in [0.05, 0.1) is 5.69 Å². The Morgan fingerprint density at radius 3 is 2.46 bits per heavy atom. The Morgan fingerprint density at radius 2 is 1.69 bits per heavy atom. The lowest BCUT2D eigenvalue weighted by Gasteiger charge is -2.28. The fourth-order valence-corrected chi connectivity index (χ4v) is 3.29. The number of amides is 1. The Balaban J connectivity index is 1.82. The number of aryl methyl sites for hydroxylation is 1. The van der Waals surface area contributed by atoms with Gasteiger partial charge in [0.2, 0.25) is 0 Å². The van der Waals surface area contributed by atoms with E-state index in [9.17, 15) is 13.6 Å². The first-order valence-electron chi connectivity index (χ1n) is 8.26. The average molecular weight is 350 g/mol. The first-order valence-corrected chi connectivity index (χ1v) is 8.26. The summed E-state index contributed by atoms with van der Waals surface area (Å²) in [6, 6.07) is 18.1. The predicted octanol–water partition coefficient (Wildman–Crippen LogP) is 5.04. The second-order valence-corrected chi connectivity index (χ2v) is 6.22. The minimum absolute atomic E-state index is 0.138. The van der Waals surface area contributed by atoms with Crippen LogP contribution in [0.5, 0.6) is 0 Å². The summed E-state index contributed by atoms with van der Waals surface area (Å²) in [4.78, 5) is 14.6. The molecule has 1 aliphatic heterocycles. The van der Waals surface area contributed by atoms with Crippen molar-refractivity contribution < 1.29 is 13.6 Å². The van der Waals surface area contributed by atoms with E-state index in [1.54, 1.807) is 17.0 Å². The number of carbonyl (C=O) groups is 1. The van der Waals surface area contributed by atoms with Crippen LogP contribution in [0.1, 0.15) is 27.7 Å². The zero-order valence-corrected chi connectivity index (χ0v) is 14.0. The quantitative estimate of drug-likeness (QED) is 0.717. The molecule has 0 fully saturated rings. The van der Waals surface area contributed by atoms with Crippen molar-refractivity contribution in [2.24, 2.45) is 0 Å². The molecule has 1 atom stereocenters. The van der Waals surface area contributed by atoms with E-state index in [2.05, 4.69) is 5.32 Å². The van der Waals surface area contributed by atoms with Gasteiger partial charge >= 0.3 is 0 Å². The number of halogens is 2. The smallest absolute Gasteiger partial charge is 0.260 e. The SMILES string of the molecule is Cc1ccccc1N1C(=O)c2ccccc2C1Nc1ccc(F)cc1F. The van der Waals surface area contributed by atoms with Crippen LogP contribution in [0.4, 0.5) is 20.2 Å². The molecular formula is C21H16F2N2O. The van der Waals surface area contributed by atoms with Gasteiger partial charge in [-0.3, -0.25) is 9.69 Å². The van der Waals surface area contributed by atoms with Crippen molar-refractivity contribution in [3.63, 3.8) is 0 Å². The van der Waals surface area contributed by atoms with Crippen molar-refractivity contribution in [3.05, 3.63) is 95.1 Å². The van der Waals surface area contributed by atoms with Gasteiger partial charge in [-0.2, -0.15) is 0 Å². The maximum absolute atomic E-state index is 14.2. The zero-order chi connectivity index (χ0) is 18.3. The molecule has 4 rings (SSSR count). The molecule has 130 valence electrons. The van der Waals surface area contributed by atoms with E-state index in [-0.39, 0.29) is 11.6 Å². The Labute approximate surface area is 149 Å². The molecule has 1 unspecified atom stereocenters. The summed E-state index contributed by atoms with van der Waals surface area (Å²) in [6.07, 6.45) is -0.584. The molecule has 0 bridgehead atoms. The van der Waals surface area contributed by atoms with E-state index in [0.29, 0.717) is 5.56 Å². The van der Waals surface area contributed by atoms with Crippen molar-refractivity contribution in [1.29, 1.82) is 0 Å². The Bertz CT molecular complexity index is 1000. The number of para-hydroxylation sites is 1. The maximum atomic E-state index is 14.2. The van der Waals surface area contributed by atoms with Crippen molar-refractivity contribution in [3.8, 4) is 0 Å². The second kappa shape index (κ2) is 6.26. The summed E-state index contributed by atoms with van der Waals surface area (Å²) < 4.78 is 27.4. The highest BCUT2D eigenvalue weighted by atomic mass is 19.1. The zero-order valence-electron chi connectivity index (χ0n) is 14.0. The molecule has 0 radical (unpaired) electrons. The number of anilines is 2. The monoisotopic (exact) mass is 350 g/mol. The average Bonchev–Trinajstić information content (AvgIpc) is 2.90. The predicted molar refractivity (Wildman–Crippen MR) is 97.2 cm³/mol. The molecule has 5 heteroatoms. The van der Waals surface area contributed by atoms with E-state index >= 15 is 0 Å². The van der Waals surface area contributed by atoms with E-state index < -0.39 is 17.8 Å². The highest BCUT2D eigenvalue weighted by Gasteiger charge is 2.38. The second-order valence-electron chi connectivity index (χ2n) is 6.22. The standard InChI is InChI=1S/C21H16F2N2O/c1-13-6-2-5-9-19(13)25-20(15-7-3-4-8-16(15)21(25)26)24-18-11-10-14(22)12-17(18)23/h2-12,20,24H,1H3. The fourth-order valence-electron chi connectivity index (χ4n) is 3.29. The summed E-state index contributed by atoms with van der Waals surface area (Å²) in [5.74, 6) is -1.51. The van der Waals surface area contributed by atoms with Crippen LogP contribution in [-0.2, 0) is 0 Å². The van der Waals surface area contributed by atoms with Gasteiger partial charge in [-0.15, -0.1) is 0 Å². The van der Waals surface area contributed by atoms with Gasteiger partial charge < -0.3 is 5.32 Å². The highest BCUT2D eigenvalue weighted by molar-refractivity contribution is 6.11. The molecule has 0 saturated carbocycles. The molecule has 0 saturated heterocycles. The normalized spacial score (nSPS) is 15.9. The molecule has 3 aromatic carbocycles. The van der Waals surface area contributed by atoms with Gasteiger partial charge in [0.15, 0.2) is 0 Å². The van der Waals surface area contributed by atoms with Crippen LogP contribution < -0.4 is 10.2 Å². The number of carbonyl (C=O) groups excluding carboxylic acids is 1. The molecule has 1 heterocycles. The Morgan fingerprint density at radius 1 is 0.962 bits per heavy atom. The lowest BCUT2D eigenvalue weighted by atomic mass is 10.1. The summed E-state index contributed by atoms with van der Waals surface area (Å²) in [6.45, 7) is 1.92. The van der Waals surface area contributed by atoms with Crippen LogP contribution in [0.15, 0.2) is 66.7 Å². The molecule has 1 amide bonds. The topological polar surface area (TPSA) is 32.3 Å². The first kappa shape index (κ1) is 16.3. The van der Waals surface area contributed by atoms with E-state index in [1.165, 1.54) is 12.1 Å². The molecule has 0 aromatic heterocycles. The highest BCUT2D eigenvalue weighted by Crippen LogP contribution is 2.39. The third-order valence-electron chi connectivity index (χ3n) is 4.56. The number of rotatable bonds is 3. The number of benzene rings is 3. The molecule has 3 nitrogen and oxygen atoms in total. The van der Waals surface area contributed by atoms with Crippen LogP contribution in [0.2, 0.25) is 0 Å². The van der Waals surface area contributed by atoms with Gasteiger partial charge in [-0.1, -0.05) is 36.4 Å². The van der Waals surface area contributed by atoms with Gasteiger partial charge in [-0.05, 0) is 36.8 Å². The van der Waals surface area contributed by atoms with Crippen molar-refractivity contribution in [2.45, 2.75) is 13.1 Å². The van der Waals surface area contributed by atoms with Crippen molar-refractivity contribution in [1.82, 2.24) is 0 Å². The summed E-state index contributed by atoms with van der Waals surface area (Å²) in [5, 5.41) is 3.06. The Kier molecular flexibility index (Phi) is 3.92. The number of nitrogens with zero attached hydrogens (tertiary/aromatic N) is 1. The third kappa shape index (κ3) is 2.62. The molecule has 1 aliphatic rings. The third-order valence-corrected chi connectivity index (χ3v) is 4.56. The minimum atomic E-state index is -0.702. The molecule has 1 N–H and O–H groups in total. The number of fused-ring (bicyclic) bond motifs is 1. The van der Waals surface area contributed by atoms with Crippen LogP contribution in [-0.4, -0.2) is 5.91 Å². The molecule has 0 aliphatic carbocycles. The van der Waals surface area contributed by atoms with Crippen molar-refractivity contribution in [2.75, 3.05) is 10.2 Å². The summed E-state index contributed by atoms with van der Waals surface area (Å²) in [5.41, 5.74) is 3.13. The minimum Gasteiger partial charge on any atom is -0.359 e. The van der Waals surface area contributed by atoms with Gasteiger partial charge in [0.25, 0.3) is 5.91 Å². The van der Waals surface area contributed by atoms with Gasteiger partial charge in [0, 0.05) is 22.9 Å². The van der Waals surface area contributed by atoms with Crippen LogP contribution in [0, 0.1) is 18.6 Å². The van der Waals surface area contributed by atoms with Gasteiger partial charge in [-0.25, -0.2) is 8.78 Å². The Hall–Kier alpha value is -3.21. The van der Waals surface area contributed by atoms with Crippen LogP contribution >= 0.6 is 0 Å². The van der Waals surface area contributed by atoms with E-state index in [4.69, 9.17) is 0 Å². The molecule has 26 heavy (non-hydrogen) atoms. The largest absolute Gasteiger partial charge is 0.359 e. The summed E-state index contributed by atoms with van der Waals surface area (Å²) >= 11 is 0. The van der Waals surface area contributed by atoms with Gasteiger partial charge in [0.1, 0.15) is 17.8 Å². The lowest BCUT2D eigenvalue weighted by molar-refractivity contribution is 0.0992. The first-order chi connectivity index (χ1) is 12.6. The van der Waals surface area contributed by atoms with E-state index in [0.717, 1.165) is 22.9 Å². The van der Waals surface area contributed by atoms with Crippen molar-refractivity contribution >= 4 is 17.3 Å². The molecular weight excluding hydrogens is 334 g/mol. The fraction of sp³-hybridized carbons (Fsp3) is 0.0952. The number of hydrogen-bond donors (Lipinski definition) is 1. The summed E-state index contributed by atoms with van der Waals surface area (Å²) in [7, 11) is 0. The van der Waals surface area contributed by atoms with Crippen LogP contribution in [0.25, 0.3) is 0 Å².